The Labute approximate surface area is 91.7 Å². The molecule has 0 atom stereocenters. The molecule has 1 amide bonds. The van der Waals surface area contributed by atoms with Crippen LogP contribution >= 0.6 is 0 Å². The van der Waals surface area contributed by atoms with E-state index in [1.165, 1.54) is 24.0 Å². The van der Waals surface area contributed by atoms with Gasteiger partial charge in [-0.1, -0.05) is 19.4 Å². The first-order chi connectivity index (χ1) is 7.19. The maximum atomic E-state index is 11.4. The summed E-state index contributed by atoms with van der Waals surface area (Å²) in [5.74, 6) is -0.0138. The highest BCUT2D eigenvalue weighted by molar-refractivity contribution is 5.94. The second-order valence-corrected chi connectivity index (χ2v) is 3.82. The molecule has 0 heterocycles. The van der Waals surface area contributed by atoms with Crippen LogP contribution < -0.4 is 5.32 Å². The van der Waals surface area contributed by atoms with E-state index in [1.807, 2.05) is 12.1 Å². The fourth-order valence-electron chi connectivity index (χ4n) is 1.63. The molecular weight excluding hydrogens is 186 g/mol. The van der Waals surface area contributed by atoms with Gasteiger partial charge in [-0.05, 0) is 43.0 Å². The van der Waals surface area contributed by atoms with E-state index < -0.39 is 0 Å². The third kappa shape index (κ3) is 3.08. The Morgan fingerprint density at radius 1 is 1.40 bits per heavy atom. The first-order valence-corrected chi connectivity index (χ1v) is 5.50. The summed E-state index contributed by atoms with van der Waals surface area (Å²) in [4.78, 5) is 11.4. The summed E-state index contributed by atoms with van der Waals surface area (Å²) in [6.07, 6.45) is 3.52. The molecule has 0 unspecified atom stereocenters. The number of hydrogen-bond acceptors (Lipinski definition) is 1. The quantitative estimate of drug-likeness (QED) is 0.804. The Kier molecular flexibility index (Phi) is 4.35. The van der Waals surface area contributed by atoms with Crippen molar-refractivity contribution in [2.45, 2.75) is 33.1 Å². The molecule has 2 nitrogen and oxygen atoms in total. The normalized spacial score (nSPS) is 10.1. The minimum absolute atomic E-state index is 0.0138. The van der Waals surface area contributed by atoms with Crippen LogP contribution in [0.15, 0.2) is 18.2 Å². The van der Waals surface area contributed by atoms with Crippen LogP contribution in [-0.4, -0.2) is 13.0 Å². The average Bonchev–Trinajstić information content (AvgIpc) is 2.26. The Morgan fingerprint density at radius 3 is 2.67 bits per heavy atom. The molecule has 0 saturated carbocycles. The lowest BCUT2D eigenvalue weighted by atomic mass is 10.0. The number of unbranched alkanes of at least 4 members (excludes halogenated alkanes) is 1. The molecule has 0 bridgehead atoms. The lowest BCUT2D eigenvalue weighted by Gasteiger charge is -2.07. The van der Waals surface area contributed by atoms with E-state index >= 15 is 0 Å². The van der Waals surface area contributed by atoms with Gasteiger partial charge in [0.1, 0.15) is 0 Å². The summed E-state index contributed by atoms with van der Waals surface area (Å²) >= 11 is 0. The number of benzene rings is 1. The topological polar surface area (TPSA) is 29.1 Å². The monoisotopic (exact) mass is 205 g/mol. The molecule has 0 fully saturated rings. The van der Waals surface area contributed by atoms with E-state index in [0.29, 0.717) is 0 Å². The summed E-state index contributed by atoms with van der Waals surface area (Å²) in [5.41, 5.74) is 3.31. The SMILES string of the molecule is CCCCc1ccc(C(=O)NC)cc1C. The molecule has 1 aromatic rings. The first-order valence-electron chi connectivity index (χ1n) is 5.50. The summed E-state index contributed by atoms with van der Waals surface area (Å²) in [5, 5.41) is 2.63. The second-order valence-electron chi connectivity index (χ2n) is 3.82. The molecule has 0 spiro atoms. The van der Waals surface area contributed by atoms with Gasteiger partial charge < -0.3 is 5.32 Å². The Hall–Kier alpha value is -1.31. The van der Waals surface area contributed by atoms with E-state index in [-0.39, 0.29) is 5.91 Å². The number of carbonyl (C=O) groups is 1. The van der Waals surface area contributed by atoms with Gasteiger partial charge in [0, 0.05) is 12.6 Å². The largest absolute Gasteiger partial charge is 0.355 e. The van der Waals surface area contributed by atoms with Gasteiger partial charge in [-0.3, -0.25) is 4.79 Å². The van der Waals surface area contributed by atoms with Crippen molar-refractivity contribution in [3.63, 3.8) is 0 Å². The van der Waals surface area contributed by atoms with E-state index in [0.717, 1.165) is 12.0 Å². The lowest BCUT2D eigenvalue weighted by molar-refractivity contribution is 0.0963. The minimum Gasteiger partial charge on any atom is -0.355 e. The zero-order chi connectivity index (χ0) is 11.3. The van der Waals surface area contributed by atoms with Crippen molar-refractivity contribution in [2.24, 2.45) is 0 Å². The molecule has 0 aromatic heterocycles. The highest BCUT2D eigenvalue weighted by Gasteiger charge is 2.05. The van der Waals surface area contributed by atoms with E-state index in [2.05, 4.69) is 25.2 Å². The number of amides is 1. The summed E-state index contributed by atoms with van der Waals surface area (Å²) in [6.45, 7) is 4.26. The van der Waals surface area contributed by atoms with Gasteiger partial charge in [-0.2, -0.15) is 0 Å². The van der Waals surface area contributed by atoms with Crippen LogP contribution in [0.5, 0.6) is 0 Å². The van der Waals surface area contributed by atoms with E-state index in [1.54, 1.807) is 7.05 Å². The van der Waals surface area contributed by atoms with E-state index in [9.17, 15) is 4.79 Å². The molecule has 0 saturated heterocycles. The van der Waals surface area contributed by atoms with Gasteiger partial charge in [-0.15, -0.1) is 0 Å². The number of carbonyl (C=O) groups excluding carboxylic acids is 1. The third-order valence-corrected chi connectivity index (χ3v) is 2.63. The molecule has 0 aliphatic carbocycles. The van der Waals surface area contributed by atoms with Gasteiger partial charge in [0.2, 0.25) is 0 Å². The van der Waals surface area contributed by atoms with Gasteiger partial charge in [0.15, 0.2) is 0 Å². The van der Waals surface area contributed by atoms with Gasteiger partial charge in [0.25, 0.3) is 5.91 Å². The lowest BCUT2D eigenvalue weighted by Crippen LogP contribution is -2.17. The second kappa shape index (κ2) is 5.54. The van der Waals surface area contributed by atoms with Gasteiger partial charge >= 0.3 is 0 Å². The molecule has 15 heavy (non-hydrogen) atoms. The predicted octanol–water partition coefficient (Wildman–Crippen LogP) is 2.70. The van der Waals surface area contributed by atoms with Crippen molar-refractivity contribution >= 4 is 5.91 Å². The van der Waals surface area contributed by atoms with Gasteiger partial charge in [0.05, 0.1) is 0 Å². The van der Waals surface area contributed by atoms with Crippen LogP contribution in [0.3, 0.4) is 0 Å². The maximum absolute atomic E-state index is 11.4. The number of nitrogens with one attached hydrogen (secondary N) is 1. The van der Waals surface area contributed by atoms with Crippen LogP contribution in [0.2, 0.25) is 0 Å². The standard InChI is InChI=1S/C13H19NO/c1-4-5-6-11-7-8-12(9-10(11)2)13(15)14-3/h7-9H,4-6H2,1-3H3,(H,14,15). The summed E-state index contributed by atoms with van der Waals surface area (Å²) in [7, 11) is 1.66. The molecule has 1 aromatic carbocycles. The molecule has 2 heteroatoms. The molecule has 82 valence electrons. The minimum atomic E-state index is -0.0138. The highest BCUT2D eigenvalue weighted by Crippen LogP contribution is 2.13. The zero-order valence-electron chi connectivity index (χ0n) is 9.76. The fraction of sp³-hybridized carbons (Fsp3) is 0.462. The van der Waals surface area contributed by atoms with Crippen LogP contribution in [0, 0.1) is 6.92 Å². The van der Waals surface area contributed by atoms with Crippen molar-refractivity contribution < 1.29 is 4.79 Å². The third-order valence-electron chi connectivity index (χ3n) is 2.63. The van der Waals surface area contributed by atoms with E-state index in [4.69, 9.17) is 0 Å². The molecular formula is C13H19NO. The summed E-state index contributed by atoms with van der Waals surface area (Å²) in [6, 6.07) is 5.93. The molecule has 0 aliphatic rings. The van der Waals surface area contributed by atoms with Crippen molar-refractivity contribution in [1.82, 2.24) is 5.32 Å². The molecule has 0 aliphatic heterocycles. The Bertz CT molecular complexity index is 344. The molecule has 0 radical (unpaired) electrons. The van der Waals surface area contributed by atoms with Crippen molar-refractivity contribution in [2.75, 3.05) is 7.05 Å². The van der Waals surface area contributed by atoms with Crippen LogP contribution in [0.1, 0.15) is 41.3 Å². The Morgan fingerprint density at radius 2 is 2.13 bits per heavy atom. The number of aryl methyl sites for hydroxylation is 2. The van der Waals surface area contributed by atoms with Crippen LogP contribution in [-0.2, 0) is 6.42 Å². The number of hydrogen-bond donors (Lipinski definition) is 1. The van der Waals surface area contributed by atoms with Crippen molar-refractivity contribution in [3.8, 4) is 0 Å². The molecule has 1 N–H and O–H groups in total. The maximum Gasteiger partial charge on any atom is 0.251 e. The van der Waals surface area contributed by atoms with Crippen molar-refractivity contribution in [1.29, 1.82) is 0 Å². The zero-order valence-corrected chi connectivity index (χ0v) is 9.76. The molecule has 1 rings (SSSR count). The van der Waals surface area contributed by atoms with Crippen LogP contribution in [0.25, 0.3) is 0 Å². The highest BCUT2D eigenvalue weighted by atomic mass is 16.1. The first kappa shape index (κ1) is 11.8. The summed E-state index contributed by atoms with van der Waals surface area (Å²) < 4.78 is 0. The average molecular weight is 205 g/mol. The predicted molar refractivity (Wildman–Crippen MR) is 63.2 cm³/mol. The smallest absolute Gasteiger partial charge is 0.251 e. The van der Waals surface area contributed by atoms with Crippen molar-refractivity contribution in [3.05, 3.63) is 34.9 Å². The fourth-order valence-corrected chi connectivity index (χ4v) is 1.63. The van der Waals surface area contributed by atoms with Gasteiger partial charge in [-0.25, -0.2) is 0 Å². The Balaban J connectivity index is 2.83. The number of rotatable bonds is 4. The van der Waals surface area contributed by atoms with Crippen LogP contribution in [0.4, 0.5) is 0 Å².